The molecule has 5 heteroatoms. The van der Waals surface area contributed by atoms with Gasteiger partial charge in [-0.25, -0.2) is 0 Å². The molecule has 0 saturated heterocycles. The fourth-order valence-corrected chi connectivity index (χ4v) is 2.53. The van der Waals surface area contributed by atoms with Crippen LogP contribution in [0, 0.1) is 11.3 Å². The predicted molar refractivity (Wildman–Crippen MR) is 104 cm³/mol. The third kappa shape index (κ3) is 5.47. The normalized spacial score (nSPS) is 11.1. The number of nitrogens with zero attached hydrogens (tertiary/aromatic N) is 2. The number of carbonyl (C=O) groups is 1. The quantitative estimate of drug-likeness (QED) is 0.567. The van der Waals surface area contributed by atoms with Crippen molar-refractivity contribution in [1.29, 1.82) is 5.26 Å². The van der Waals surface area contributed by atoms with Gasteiger partial charge in [-0.3, -0.25) is 4.79 Å². The van der Waals surface area contributed by atoms with Crippen molar-refractivity contribution in [1.82, 2.24) is 4.90 Å². The molecule has 0 saturated carbocycles. The predicted octanol–water partition coefficient (Wildman–Crippen LogP) is 4.71. The fraction of sp³-hybridized carbons (Fsp3) is 0.200. The van der Waals surface area contributed by atoms with Crippen LogP contribution in [0.25, 0.3) is 0 Å². The topological polar surface area (TPSA) is 56.1 Å². The van der Waals surface area contributed by atoms with Crippen LogP contribution in [0.4, 0.5) is 5.69 Å². The van der Waals surface area contributed by atoms with Crippen LogP contribution in [0.15, 0.2) is 70.8 Å². The number of carbonyl (C=O) groups excluding carboxylic acids is 1. The zero-order chi connectivity index (χ0) is 18.2. The van der Waals surface area contributed by atoms with E-state index in [1.165, 1.54) is 6.20 Å². The molecule has 1 N–H and O–H groups in total. The Balaban J connectivity index is 2.15. The minimum atomic E-state index is -0.286. The summed E-state index contributed by atoms with van der Waals surface area (Å²) in [6, 6.07) is 19.3. The molecule has 0 unspecified atom stereocenters. The highest BCUT2D eigenvalue weighted by molar-refractivity contribution is 9.10. The van der Waals surface area contributed by atoms with Crippen molar-refractivity contribution in [3.8, 4) is 6.07 Å². The number of nitriles is 1. The zero-order valence-electron chi connectivity index (χ0n) is 14.2. The molecule has 128 valence electrons. The molecule has 1 amide bonds. The summed E-state index contributed by atoms with van der Waals surface area (Å²) < 4.78 is 0.965. The van der Waals surface area contributed by atoms with Crippen molar-refractivity contribution in [3.63, 3.8) is 0 Å². The van der Waals surface area contributed by atoms with Crippen LogP contribution >= 0.6 is 15.9 Å². The minimum absolute atomic E-state index is 0.0165. The monoisotopic (exact) mass is 397 g/mol. The van der Waals surface area contributed by atoms with E-state index in [4.69, 9.17) is 0 Å². The van der Waals surface area contributed by atoms with E-state index in [1.807, 2.05) is 74.5 Å². The van der Waals surface area contributed by atoms with Crippen molar-refractivity contribution in [2.45, 2.75) is 26.4 Å². The van der Waals surface area contributed by atoms with Gasteiger partial charge in [0.25, 0.3) is 5.91 Å². The molecule has 0 radical (unpaired) electrons. The number of hydrogen-bond acceptors (Lipinski definition) is 3. The van der Waals surface area contributed by atoms with E-state index < -0.39 is 0 Å². The SMILES string of the molecule is CC(C)N(Cc1ccccc1)C(=O)/C(C#N)=C\Nc1ccc(Br)cc1. The molecule has 0 fully saturated rings. The molecule has 2 rings (SSSR count). The molecule has 2 aromatic carbocycles. The van der Waals surface area contributed by atoms with Crippen LogP contribution in [0.1, 0.15) is 19.4 Å². The fourth-order valence-electron chi connectivity index (χ4n) is 2.27. The number of rotatable bonds is 6. The Morgan fingerprint density at radius 1 is 1.20 bits per heavy atom. The van der Waals surface area contributed by atoms with E-state index in [2.05, 4.69) is 21.2 Å². The maximum absolute atomic E-state index is 12.8. The van der Waals surface area contributed by atoms with Crippen LogP contribution in [0.3, 0.4) is 0 Å². The van der Waals surface area contributed by atoms with Crippen molar-refractivity contribution < 1.29 is 4.79 Å². The first kappa shape index (κ1) is 18.8. The van der Waals surface area contributed by atoms with Crippen LogP contribution < -0.4 is 5.32 Å². The maximum atomic E-state index is 12.8. The Labute approximate surface area is 156 Å². The van der Waals surface area contributed by atoms with Gasteiger partial charge >= 0.3 is 0 Å². The second-order valence-electron chi connectivity index (χ2n) is 5.83. The van der Waals surface area contributed by atoms with E-state index in [1.54, 1.807) is 4.90 Å². The molecule has 4 nitrogen and oxygen atoms in total. The first-order valence-corrected chi connectivity index (χ1v) is 8.78. The molecule has 0 aliphatic rings. The molecule has 0 bridgehead atoms. The van der Waals surface area contributed by atoms with Gasteiger partial charge in [-0.05, 0) is 43.7 Å². The highest BCUT2D eigenvalue weighted by Crippen LogP contribution is 2.16. The molecule has 0 aliphatic carbocycles. The smallest absolute Gasteiger partial charge is 0.266 e. The summed E-state index contributed by atoms with van der Waals surface area (Å²) >= 11 is 3.37. The van der Waals surface area contributed by atoms with Gasteiger partial charge in [0.1, 0.15) is 11.6 Å². The van der Waals surface area contributed by atoms with Gasteiger partial charge in [-0.15, -0.1) is 0 Å². The average molecular weight is 398 g/mol. The lowest BCUT2D eigenvalue weighted by Gasteiger charge is -2.26. The largest absolute Gasteiger partial charge is 0.360 e. The number of hydrogen-bond donors (Lipinski definition) is 1. The van der Waals surface area contributed by atoms with Gasteiger partial charge in [0, 0.05) is 28.9 Å². The van der Waals surface area contributed by atoms with Crippen LogP contribution in [0.2, 0.25) is 0 Å². The Hall–Kier alpha value is -2.58. The second-order valence-corrected chi connectivity index (χ2v) is 6.75. The molecule has 25 heavy (non-hydrogen) atoms. The van der Waals surface area contributed by atoms with Gasteiger partial charge in [0.15, 0.2) is 0 Å². The van der Waals surface area contributed by atoms with Gasteiger partial charge in [-0.2, -0.15) is 5.26 Å². The van der Waals surface area contributed by atoms with Gasteiger partial charge < -0.3 is 10.2 Å². The van der Waals surface area contributed by atoms with E-state index in [0.717, 1.165) is 15.7 Å². The van der Waals surface area contributed by atoms with Gasteiger partial charge in [0.2, 0.25) is 0 Å². The van der Waals surface area contributed by atoms with Crippen LogP contribution in [0.5, 0.6) is 0 Å². The molecular weight excluding hydrogens is 378 g/mol. The third-order valence-corrected chi connectivity index (χ3v) is 4.19. The highest BCUT2D eigenvalue weighted by atomic mass is 79.9. The van der Waals surface area contributed by atoms with Gasteiger partial charge in [0.05, 0.1) is 0 Å². The molecule has 2 aromatic rings. The van der Waals surface area contributed by atoms with E-state index in [0.29, 0.717) is 6.54 Å². The van der Waals surface area contributed by atoms with E-state index >= 15 is 0 Å². The van der Waals surface area contributed by atoms with Crippen molar-refractivity contribution in [2.75, 3.05) is 5.32 Å². The summed E-state index contributed by atoms with van der Waals surface area (Å²) in [4.78, 5) is 14.5. The Morgan fingerprint density at radius 2 is 1.84 bits per heavy atom. The molecular formula is C20H20BrN3O. The van der Waals surface area contributed by atoms with E-state index in [-0.39, 0.29) is 17.5 Å². The zero-order valence-corrected chi connectivity index (χ0v) is 15.8. The lowest BCUT2D eigenvalue weighted by atomic mass is 10.1. The number of benzene rings is 2. The second kappa shape index (κ2) is 9.05. The van der Waals surface area contributed by atoms with Crippen molar-refractivity contribution in [2.24, 2.45) is 0 Å². The first-order valence-electron chi connectivity index (χ1n) is 7.98. The summed E-state index contributed by atoms with van der Waals surface area (Å²) in [5.41, 5.74) is 1.91. The third-order valence-electron chi connectivity index (χ3n) is 3.66. The molecule has 0 spiro atoms. The summed E-state index contributed by atoms with van der Waals surface area (Å²) in [6.45, 7) is 4.35. The lowest BCUT2D eigenvalue weighted by molar-refractivity contribution is -0.129. The van der Waals surface area contributed by atoms with Crippen molar-refractivity contribution >= 4 is 27.5 Å². The maximum Gasteiger partial charge on any atom is 0.266 e. The minimum Gasteiger partial charge on any atom is -0.360 e. The molecule has 0 atom stereocenters. The molecule has 0 heterocycles. The van der Waals surface area contributed by atoms with E-state index in [9.17, 15) is 10.1 Å². The number of halogens is 1. The average Bonchev–Trinajstić information content (AvgIpc) is 2.62. The van der Waals surface area contributed by atoms with Crippen LogP contribution in [-0.4, -0.2) is 16.8 Å². The number of nitrogens with one attached hydrogen (secondary N) is 1. The molecule has 0 aromatic heterocycles. The van der Waals surface area contributed by atoms with Crippen molar-refractivity contribution in [3.05, 3.63) is 76.4 Å². The summed E-state index contributed by atoms with van der Waals surface area (Å²) in [5, 5.41) is 12.4. The Bertz CT molecular complexity index is 777. The lowest BCUT2D eigenvalue weighted by Crippen LogP contribution is -2.37. The summed E-state index contributed by atoms with van der Waals surface area (Å²) in [5.74, 6) is -0.286. The highest BCUT2D eigenvalue weighted by Gasteiger charge is 2.21. The van der Waals surface area contributed by atoms with Gasteiger partial charge in [-0.1, -0.05) is 46.3 Å². The van der Waals surface area contributed by atoms with Crippen LogP contribution in [-0.2, 0) is 11.3 Å². The first-order chi connectivity index (χ1) is 12.0. The number of anilines is 1. The molecule has 0 aliphatic heterocycles. The standard InChI is InChI=1S/C20H20BrN3O/c1-15(2)24(14-16-6-4-3-5-7-16)20(25)17(12-22)13-23-19-10-8-18(21)9-11-19/h3-11,13,15,23H,14H2,1-2H3/b17-13-. The summed E-state index contributed by atoms with van der Waals surface area (Å²) in [6.07, 6.45) is 1.46. The Morgan fingerprint density at radius 3 is 2.40 bits per heavy atom. The number of amides is 1. The Kier molecular flexibility index (Phi) is 6.79. The summed E-state index contributed by atoms with van der Waals surface area (Å²) in [7, 11) is 0.